The van der Waals surface area contributed by atoms with Gasteiger partial charge in [-0.2, -0.15) is 0 Å². The van der Waals surface area contributed by atoms with Crippen LogP contribution in [0.25, 0.3) is 0 Å². The van der Waals surface area contributed by atoms with Crippen LogP contribution in [0.3, 0.4) is 0 Å². The summed E-state index contributed by atoms with van der Waals surface area (Å²) in [7, 11) is 0. The van der Waals surface area contributed by atoms with E-state index in [2.05, 4.69) is 118 Å². The first-order chi connectivity index (χ1) is 38.5. The third kappa shape index (κ3) is 63.2. The molecular formula is C72H124O6. The number of ether oxygens (including phenoxy) is 3. The molecule has 6 nitrogen and oxygen atoms in total. The Kier molecular flexibility index (Phi) is 62.7. The first-order valence-electron chi connectivity index (χ1n) is 33.2. The highest BCUT2D eigenvalue weighted by Gasteiger charge is 2.19. The number of carbonyl (C=O) groups is 3. The maximum absolute atomic E-state index is 12.9. The summed E-state index contributed by atoms with van der Waals surface area (Å²) >= 11 is 0. The molecule has 0 N–H and O–H groups in total. The second-order valence-corrected chi connectivity index (χ2v) is 22.0. The topological polar surface area (TPSA) is 78.9 Å². The highest BCUT2D eigenvalue weighted by molar-refractivity contribution is 5.71. The summed E-state index contributed by atoms with van der Waals surface area (Å²) in [5.41, 5.74) is 0. The molecule has 0 aliphatic rings. The summed E-state index contributed by atoms with van der Waals surface area (Å²) in [4.78, 5) is 38.3. The number of esters is 3. The van der Waals surface area contributed by atoms with Gasteiger partial charge in [-0.25, -0.2) is 0 Å². The first kappa shape index (κ1) is 74.3. The number of hydrogen-bond donors (Lipinski definition) is 0. The normalized spacial score (nSPS) is 12.7. The van der Waals surface area contributed by atoms with Crippen molar-refractivity contribution in [1.82, 2.24) is 0 Å². The number of hydrogen-bond acceptors (Lipinski definition) is 6. The van der Waals surface area contributed by atoms with Gasteiger partial charge >= 0.3 is 17.9 Å². The maximum atomic E-state index is 12.9. The summed E-state index contributed by atoms with van der Waals surface area (Å²) in [6, 6.07) is 0. The second-order valence-electron chi connectivity index (χ2n) is 22.0. The van der Waals surface area contributed by atoms with Crippen LogP contribution in [0.1, 0.15) is 323 Å². The minimum Gasteiger partial charge on any atom is -0.462 e. The van der Waals surface area contributed by atoms with Crippen molar-refractivity contribution >= 4 is 17.9 Å². The van der Waals surface area contributed by atoms with Gasteiger partial charge in [-0.15, -0.1) is 0 Å². The van der Waals surface area contributed by atoms with Crippen LogP contribution < -0.4 is 0 Å². The van der Waals surface area contributed by atoms with Crippen LogP contribution in [0.2, 0.25) is 0 Å². The van der Waals surface area contributed by atoms with Gasteiger partial charge in [0.25, 0.3) is 0 Å². The molecule has 448 valence electrons. The van der Waals surface area contributed by atoms with Gasteiger partial charge in [0.2, 0.25) is 0 Å². The minimum absolute atomic E-state index is 0.0823. The van der Waals surface area contributed by atoms with Crippen LogP contribution in [-0.4, -0.2) is 37.2 Å². The summed E-state index contributed by atoms with van der Waals surface area (Å²) in [5.74, 6) is -0.890. The molecule has 0 radical (unpaired) electrons. The van der Waals surface area contributed by atoms with Crippen LogP contribution >= 0.6 is 0 Å². The number of unbranched alkanes of at least 4 members (excludes halogenated alkanes) is 33. The molecule has 0 aliphatic heterocycles. The summed E-state index contributed by atoms with van der Waals surface area (Å²) < 4.78 is 16.9. The highest BCUT2D eigenvalue weighted by atomic mass is 16.6. The lowest BCUT2D eigenvalue weighted by Crippen LogP contribution is -2.30. The molecule has 0 amide bonds. The van der Waals surface area contributed by atoms with Gasteiger partial charge in [0.1, 0.15) is 13.2 Å². The van der Waals surface area contributed by atoms with E-state index in [0.717, 1.165) is 116 Å². The van der Waals surface area contributed by atoms with Crippen molar-refractivity contribution < 1.29 is 28.6 Å². The Labute approximate surface area is 483 Å². The Morgan fingerprint density at radius 3 is 0.808 bits per heavy atom. The number of rotatable bonds is 60. The van der Waals surface area contributed by atoms with E-state index in [4.69, 9.17) is 14.2 Å². The van der Waals surface area contributed by atoms with E-state index in [-0.39, 0.29) is 31.1 Å². The molecule has 6 heteroatoms. The average molecular weight is 1090 g/mol. The van der Waals surface area contributed by atoms with E-state index >= 15 is 0 Å². The van der Waals surface area contributed by atoms with Crippen LogP contribution in [-0.2, 0) is 28.6 Å². The fourth-order valence-electron chi connectivity index (χ4n) is 9.32. The molecule has 1 unspecified atom stereocenters. The molecule has 0 spiro atoms. The van der Waals surface area contributed by atoms with Crippen molar-refractivity contribution in [3.8, 4) is 0 Å². The maximum Gasteiger partial charge on any atom is 0.306 e. The van der Waals surface area contributed by atoms with Gasteiger partial charge in [0.05, 0.1) is 0 Å². The Bertz CT molecular complexity index is 1530. The lowest BCUT2D eigenvalue weighted by atomic mass is 10.0. The summed E-state index contributed by atoms with van der Waals surface area (Å²) in [6.45, 7) is 6.52. The molecule has 78 heavy (non-hydrogen) atoms. The van der Waals surface area contributed by atoms with Gasteiger partial charge in [0, 0.05) is 19.3 Å². The Morgan fingerprint density at radius 1 is 0.269 bits per heavy atom. The van der Waals surface area contributed by atoms with E-state index in [1.54, 1.807) is 0 Å². The first-order valence-corrected chi connectivity index (χ1v) is 33.2. The quantitative estimate of drug-likeness (QED) is 0.0261. The summed E-state index contributed by atoms with van der Waals surface area (Å²) in [5, 5.41) is 0. The zero-order chi connectivity index (χ0) is 56.4. The average Bonchev–Trinajstić information content (AvgIpc) is 3.44. The highest BCUT2D eigenvalue weighted by Crippen LogP contribution is 2.16. The smallest absolute Gasteiger partial charge is 0.306 e. The predicted octanol–water partition coefficient (Wildman–Crippen LogP) is 22.8. The fraction of sp³-hybridized carbons (Fsp3) is 0.736. The molecule has 0 rings (SSSR count). The Balaban J connectivity index is 4.24. The Morgan fingerprint density at radius 2 is 0.500 bits per heavy atom. The number of carbonyl (C=O) groups excluding carboxylic acids is 3. The Hall–Kier alpha value is -3.67. The van der Waals surface area contributed by atoms with Gasteiger partial charge in [-0.05, 0) is 122 Å². The van der Waals surface area contributed by atoms with E-state index in [1.807, 2.05) is 0 Å². The molecule has 1 atom stereocenters. The zero-order valence-corrected chi connectivity index (χ0v) is 51.4. The molecule has 0 bridgehead atoms. The molecule has 0 fully saturated rings. The van der Waals surface area contributed by atoms with Crippen LogP contribution in [0, 0.1) is 0 Å². The van der Waals surface area contributed by atoms with E-state index in [9.17, 15) is 14.4 Å². The molecule has 0 aromatic rings. The van der Waals surface area contributed by atoms with Crippen molar-refractivity contribution in [2.45, 2.75) is 329 Å². The lowest BCUT2D eigenvalue weighted by molar-refractivity contribution is -0.167. The van der Waals surface area contributed by atoms with Crippen LogP contribution in [0.4, 0.5) is 0 Å². The largest absolute Gasteiger partial charge is 0.462 e. The molecule has 0 heterocycles. The van der Waals surface area contributed by atoms with Crippen molar-refractivity contribution in [2.24, 2.45) is 0 Å². The van der Waals surface area contributed by atoms with Crippen molar-refractivity contribution in [3.63, 3.8) is 0 Å². The molecular weight excluding hydrogens is 961 g/mol. The summed E-state index contributed by atoms with van der Waals surface area (Å²) in [6.07, 6.45) is 88.5. The van der Waals surface area contributed by atoms with Crippen LogP contribution in [0.15, 0.2) is 97.2 Å². The minimum atomic E-state index is -0.786. The number of allylic oxidation sites excluding steroid dienone is 16. The van der Waals surface area contributed by atoms with Gasteiger partial charge < -0.3 is 14.2 Å². The van der Waals surface area contributed by atoms with Crippen molar-refractivity contribution in [2.75, 3.05) is 13.2 Å². The van der Waals surface area contributed by atoms with E-state index in [1.165, 1.54) is 167 Å². The lowest BCUT2D eigenvalue weighted by Gasteiger charge is -2.18. The molecule has 0 saturated carbocycles. The van der Waals surface area contributed by atoms with E-state index in [0.29, 0.717) is 19.3 Å². The van der Waals surface area contributed by atoms with Gasteiger partial charge in [0.15, 0.2) is 6.10 Å². The SMILES string of the molecule is CC/C=C\C/C=C\C/C=C\C/C=C\C/C=C\C/C=C\CCCCCCCCCCCCCCC(=O)OCC(COC(=O)CCCCCCC/C=C\CCCCCC)OC(=O)CCCCCCC/C=C\CCCCCCCCC. The third-order valence-electron chi connectivity index (χ3n) is 14.3. The molecule has 0 aromatic carbocycles. The molecule has 0 aromatic heterocycles. The van der Waals surface area contributed by atoms with E-state index < -0.39 is 6.10 Å². The van der Waals surface area contributed by atoms with Crippen LogP contribution in [0.5, 0.6) is 0 Å². The second kappa shape index (κ2) is 65.8. The monoisotopic (exact) mass is 1080 g/mol. The standard InChI is InChI=1S/C72H124O6/c1-4-7-10-13-16-19-22-25-27-29-30-31-32-33-34-35-36-37-38-39-40-41-42-43-45-47-50-53-56-59-62-65-71(74)77-68-69(67-76-70(73)64-61-58-55-52-49-46-24-21-18-15-12-9-6-3)78-72(75)66-63-60-57-54-51-48-44-28-26-23-20-17-14-11-8-5-2/h7,10,16,19,21,24-25,27-28,30-31,33-34,36-37,44,69H,4-6,8-9,11-15,17-18,20,22-23,26,29,32,35,38-43,45-68H2,1-3H3/b10-7-,19-16-,24-21-,27-25-,31-30-,34-33-,37-36-,44-28-. The van der Waals surface area contributed by atoms with Crippen molar-refractivity contribution in [3.05, 3.63) is 97.2 Å². The fourth-order valence-corrected chi connectivity index (χ4v) is 9.32. The third-order valence-corrected chi connectivity index (χ3v) is 14.3. The van der Waals surface area contributed by atoms with Gasteiger partial charge in [-0.3, -0.25) is 14.4 Å². The molecule has 0 saturated heterocycles. The predicted molar refractivity (Wildman–Crippen MR) is 339 cm³/mol. The zero-order valence-electron chi connectivity index (χ0n) is 51.4. The van der Waals surface area contributed by atoms with Crippen molar-refractivity contribution in [1.29, 1.82) is 0 Å². The van der Waals surface area contributed by atoms with Gasteiger partial charge in [-0.1, -0.05) is 279 Å². The molecule has 0 aliphatic carbocycles.